The molecule has 1 aliphatic rings. The predicted molar refractivity (Wildman–Crippen MR) is 106 cm³/mol. The maximum Gasteiger partial charge on any atom is 0.254 e. The number of hydrogen-bond donors (Lipinski definition) is 2. The molecule has 2 amide bonds. The molecule has 1 saturated heterocycles. The largest absolute Gasteiger partial charge is 0.378 e. The number of aryl methyl sites for hydroxylation is 2. The molecule has 1 fully saturated rings. The molecule has 6 heteroatoms. The second-order valence-electron chi connectivity index (χ2n) is 6.70. The van der Waals surface area contributed by atoms with Crippen LogP contribution >= 0.6 is 0 Å². The van der Waals surface area contributed by atoms with Crippen LogP contribution in [-0.4, -0.2) is 49.6 Å². The van der Waals surface area contributed by atoms with Crippen LogP contribution in [0.15, 0.2) is 42.5 Å². The fraction of sp³-hybridized carbons (Fsp3) is 0.333. The van der Waals surface area contributed by atoms with Crippen LogP contribution < -0.4 is 10.6 Å². The van der Waals surface area contributed by atoms with Crippen molar-refractivity contribution in [2.24, 2.45) is 0 Å². The third-order valence-electron chi connectivity index (χ3n) is 4.54. The quantitative estimate of drug-likeness (QED) is 0.853. The normalized spacial score (nSPS) is 13.9. The minimum Gasteiger partial charge on any atom is -0.378 e. The van der Waals surface area contributed by atoms with Gasteiger partial charge in [-0.2, -0.15) is 0 Å². The lowest BCUT2D eigenvalue weighted by atomic mass is 10.1. The second kappa shape index (κ2) is 8.68. The number of anilines is 2. The lowest BCUT2D eigenvalue weighted by Crippen LogP contribution is -2.40. The molecule has 27 heavy (non-hydrogen) atoms. The molecule has 1 heterocycles. The van der Waals surface area contributed by atoms with Crippen molar-refractivity contribution < 1.29 is 14.3 Å². The van der Waals surface area contributed by atoms with Crippen LogP contribution in [0.2, 0.25) is 0 Å². The Kier molecular flexibility index (Phi) is 6.08. The summed E-state index contributed by atoms with van der Waals surface area (Å²) in [6, 6.07) is 13.1. The van der Waals surface area contributed by atoms with Gasteiger partial charge >= 0.3 is 0 Å². The number of carbonyl (C=O) groups is 2. The van der Waals surface area contributed by atoms with E-state index in [1.165, 1.54) is 0 Å². The van der Waals surface area contributed by atoms with Crippen molar-refractivity contribution in [1.29, 1.82) is 0 Å². The molecule has 0 aromatic heterocycles. The molecule has 142 valence electrons. The molecule has 0 saturated carbocycles. The Labute approximate surface area is 159 Å². The minimum absolute atomic E-state index is 0.0115. The standard InChI is InChI=1S/C21H25N3O3/c1-15-3-8-19(16(2)13-15)23-20(25)14-22-18-6-4-17(5-7-18)21(26)24-9-11-27-12-10-24/h3-8,13,22H,9-12,14H2,1-2H3,(H,23,25). The highest BCUT2D eigenvalue weighted by Gasteiger charge is 2.18. The van der Waals surface area contributed by atoms with Crippen LogP contribution in [0.4, 0.5) is 11.4 Å². The molecule has 1 aliphatic heterocycles. The molecule has 0 unspecified atom stereocenters. The van der Waals surface area contributed by atoms with E-state index in [2.05, 4.69) is 10.6 Å². The molecule has 0 spiro atoms. The fourth-order valence-corrected chi connectivity index (χ4v) is 3.01. The zero-order chi connectivity index (χ0) is 19.2. The summed E-state index contributed by atoms with van der Waals surface area (Å²) in [6.07, 6.45) is 0. The van der Waals surface area contributed by atoms with Crippen LogP contribution in [0.5, 0.6) is 0 Å². The van der Waals surface area contributed by atoms with E-state index >= 15 is 0 Å². The summed E-state index contributed by atoms with van der Waals surface area (Å²) in [7, 11) is 0. The van der Waals surface area contributed by atoms with Crippen molar-refractivity contribution in [2.45, 2.75) is 13.8 Å². The molecule has 0 radical (unpaired) electrons. The Morgan fingerprint density at radius 2 is 1.74 bits per heavy atom. The molecule has 0 aliphatic carbocycles. The van der Waals surface area contributed by atoms with Crippen LogP contribution in [-0.2, 0) is 9.53 Å². The zero-order valence-corrected chi connectivity index (χ0v) is 15.7. The summed E-state index contributed by atoms with van der Waals surface area (Å²) in [5.74, 6) is -0.104. The molecular weight excluding hydrogens is 342 g/mol. The van der Waals surface area contributed by atoms with Gasteiger partial charge in [0.05, 0.1) is 19.8 Å². The molecule has 2 aromatic carbocycles. The van der Waals surface area contributed by atoms with E-state index in [0.717, 1.165) is 22.5 Å². The summed E-state index contributed by atoms with van der Waals surface area (Å²) in [5, 5.41) is 5.99. The average molecular weight is 367 g/mol. The Bertz CT molecular complexity index is 812. The van der Waals surface area contributed by atoms with E-state index in [4.69, 9.17) is 4.74 Å². The van der Waals surface area contributed by atoms with Crippen molar-refractivity contribution in [3.63, 3.8) is 0 Å². The molecular formula is C21H25N3O3. The Morgan fingerprint density at radius 1 is 1.04 bits per heavy atom. The second-order valence-corrected chi connectivity index (χ2v) is 6.70. The minimum atomic E-state index is -0.115. The highest BCUT2D eigenvalue weighted by molar-refractivity contribution is 5.95. The van der Waals surface area contributed by atoms with Crippen LogP contribution in [0.3, 0.4) is 0 Å². The van der Waals surface area contributed by atoms with Crippen molar-refractivity contribution in [1.82, 2.24) is 4.90 Å². The number of ether oxygens (including phenoxy) is 1. The van der Waals surface area contributed by atoms with Crippen molar-refractivity contribution in [3.8, 4) is 0 Å². The number of carbonyl (C=O) groups excluding carboxylic acids is 2. The summed E-state index contributed by atoms with van der Waals surface area (Å²) < 4.78 is 5.27. The van der Waals surface area contributed by atoms with E-state index in [1.807, 2.05) is 44.2 Å². The smallest absolute Gasteiger partial charge is 0.254 e. The summed E-state index contributed by atoms with van der Waals surface area (Å²) in [5.41, 5.74) is 4.45. The van der Waals surface area contributed by atoms with Gasteiger partial charge in [-0.25, -0.2) is 0 Å². The van der Waals surface area contributed by atoms with Crippen molar-refractivity contribution in [3.05, 3.63) is 59.2 Å². The van der Waals surface area contributed by atoms with Crippen LogP contribution in [0.1, 0.15) is 21.5 Å². The van der Waals surface area contributed by atoms with Gasteiger partial charge in [0.1, 0.15) is 0 Å². The fourth-order valence-electron chi connectivity index (χ4n) is 3.01. The van der Waals surface area contributed by atoms with Gasteiger partial charge in [-0.15, -0.1) is 0 Å². The van der Waals surface area contributed by atoms with E-state index in [9.17, 15) is 9.59 Å². The van der Waals surface area contributed by atoms with Gasteiger partial charge in [-0.1, -0.05) is 17.7 Å². The van der Waals surface area contributed by atoms with Gasteiger partial charge < -0.3 is 20.3 Å². The first-order valence-corrected chi connectivity index (χ1v) is 9.11. The summed E-state index contributed by atoms with van der Waals surface area (Å²) in [4.78, 5) is 26.4. The first kappa shape index (κ1) is 18.9. The highest BCUT2D eigenvalue weighted by Crippen LogP contribution is 2.16. The van der Waals surface area contributed by atoms with Crippen molar-refractivity contribution in [2.75, 3.05) is 43.5 Å². The molecule has 2 aromatic rings. The monoisotopic (exact) mass is 367 g/mol. The number of morpholine rings is 1. The van der Waals surface area contributed by atoms with Gasteiger partial charge in [-0.05, 0) is 49.7 Å². The number of amides is 2. The number of nitrogens with zero attached hydrogens (tertiary/aromatic N) is 1. The molecule has 0 atom stereocenters. The molecule has 6 nitrogen and oxygen atoms in total. The van der Waals surface area contributed by atoms with Crippen molar-refractivity contribution >= 4 is 23.2 Å². The number of benzene rings is 2. The molecule has 2 N–H and O–H groups in total. The third-order valence-corrected chi connectivity index (χ3v) is 4.54. The first-order valence-electron chi connectivity index (χ1n) is 9.11. The molecule has 3 rings (SSSR count). The maximum absolute atomic E-state index is 12.4. The van der Waals surface area contributed by atoms with Gasteiger partial charge in [-0.3, -0.25) is 9.59 Å². The lowest BCUT2D eigenvalue weighted by molar-refractivity contribution is -0.114. The summed E-state index contributed by atoms with van der Waals surface area (Å²) in [6.45, 7) is 6.56. The number of hydrogen-bond acceptors (Lipinski definition) is 4. The van der Waals surface area contributed by atoms with Gasteiger partial charge in [0.2, 0.25) is 5.91 Å². The van der Waals surface area contributed by atoms with Gasteiger partial charge in [0.25, 0.3) is 5.91 Å². The Hall–Kier alpha value is -2.86. The van der Waals surface area contributed by atoms with Gasteiger partial charge in [0.15, 0.2) is 0 Å². The zero-order valence-electron chi connectivity index (χ0n) is 15.7. The van der Waals surface area contributed by atoms with E-state index in [-0.39, 0.29) is 18.4 Å². The SMILES string of the molecule is Cc1ccc(NC(=O)CNc2ccc(C(=O)N3CCOCC3)cc2)c(C)c1. The third kappa shape index (κ3) is 5.08. The predicted octanol–water partition coefficient (Wildman–Crippen LogP) is 2.83. The van der Waals surface area contributed by atoms with E-state index < -0.39 is 0 Å². The van der Waals surface area contributed by atoms with E-state index in [0.29, 0.717) is 31.9 Å². The number of rotatable bonds is 5. The van der Waals surface area contributed by atoms with Crippen LogP contribution in [0.25, 0.3) is 0 Å². The molecule has 0 bridgehead atoms. The van der Waals surface area contributed by atoms with Crippen LogP contribution in [0, 0.1) is 13.8 Å². The topological polar surface area (TPSA) is 70.7 Å². The maximum atomic E-state index is 12.4. The average Bonchev–Trinajstić information content (AvgIpc) is 2.69. The first-order chi connectivity index (χ1) is 13.0. The van der Waals surface area contributed by atoms with E-state index in [1.54, 1.807) is 17.0 Å². The summed E-state index contributed by atoms with van der Waals surface area (Å²) >= 11 is 0. The number of nitrogens with one attached hydrogen (secondary N) is 2. The highest BCUT2D eigenvalue weighted by atomic mass is 16.5. The lowest BCUT2D eigenvalue weighted by Gasteiger charge is -2.26. The van der Waals surface area contributed by atoms with Gasteiger partial charge in [0, 0.05) is 30.0 Å². The Morgan fingerprint density at radius 3 is 2.41 bits per heavy atom. The Balaban J connectivity index is 1.52.